The van der Waals surface area contributed by atoms with Crippen molar-refractivity contribution in [2.45, 2.75) is 32.9 Å². The van der Waals surface area contributed by atoms with E-state index < -0.39 is 12.1 Å². The van der Waals surface area contributed by atoms with Crippen LogP contribution < -0.4 is 5.32 Å². The molecule has 2 rings (SSSR count). The van der Waals surface area contributed by atoms with Gasteiger partial charge >= 0.3 is 5.97 Å². The molecule has 0 fully saturated rings. The number of hydrogen-bond acceptors (Lipinski definition) is 4. The first-order chi connectivity index (χ1) is 10.4. The largest absolute Gasteiger partial charge is 0.449 e. The fourth-order valence-electron chi connectivity index (χ4n) is 1.91. The van der Waals surface area contributed by atoms with Crippen LogP contribution in [0, 0.1) is 0 Å². The maximum absolute atomic E-state index is 12.1. The Hall–Kier alpha value is -2.14. The molecule has 6 heteroatoms. The summed E-state index contributed by atoms with van der Waals surface area (Å²) >= 11 is 5.82. The number of benzene rings is 1. The smallest absolute Gasteiger partial charge is 0.338 e. The van der Waals surface area contributed by atoms with Crippen LogP contribution in [-0.4, -0.2) is 29.0 Å². The van der Waals surface area contributed by atoms with Crippen molar-refractivity contribution in [1.82, 2.24) is 10.3 Å². The van der Waals surface area contributed by atoms with E-state index in [0.29, 0.717) is 16.2 Å². The molecule has 116 valence electrons. The molecular weight excluding hydrogens is 304 g/mol. The molecule has 1 amide bonds. The van der Waals surface area contributed by atoms with Gasteiger partial charge in [-0.15, -0.1) is 0 Å². The third-order valence-electron chi connectivity index (χ3n) is 2.97. The number of pyridine rings is 1. The summed E-state index contributed by atoms with van der Waals surface area (Å²) in [4.78, 5) is 28.0. The zero-order valence-electron chi connectivity index (χ0n) is 12.6. The van der Waals surface area contributed by atoms with Gasteiger partial charge < -0.3 is 10.1 Å². The molecule has 0 bridgehead atoms. The minimum absolute atomic E-state index is 0.00913. The number of nitrogens with zero attached hydrogens (tertiary/aromatic N) is 1. The van der Waals surface area contributed by atoms with Crippen molar-refractivity contribution in [3.05, 3.63) is 41.0 Å². The lowest BCUT2D eigenvalue weighted by Crippen LogP contribution is -2.39. The zero-order valence-corrected chi connectivity index (χ0v) is 13.3. The third kappa shape index (κ3) is 3.95. The van der Waals surface area contributed by atoms with Crippen LogP contribution in [0.15, 0.2) is 30.3 Å². The average Bonchev–Trinajstić information content (AvgIpc) is 2.45. The van der Waals surface area contributed by atoms with Gasteiger partial charge in [0.2, 0.25) is 0 Å². The summed E-state index contributed by atoms with van der Waals surface area (Å²) in [6.07, 6.45) is -0.853. The van der Waals surface area contributed by atoms with Gasteiger partial charge in [0.15, 0.2) is 6.10 Å². The second-order valence-corrected chi connectivity index (χ2v) is 5.64. The molecule has 0 spiro atoms. The molecule has 1 unspecified atom stereocenters. The Kier molecular flexibility index (Phi) is 4.98. The highest BCUT2D eigenvalue weighted by Gasteiger charge is 2.19. The molecular formula is C16H17ClN2O3. The molecule has 0 saturated carbocycles. The highest BCUT2D eigenvalue weighted by atomic mass is 35.5. The molecule has 1 N–H and O–H groups in total. The highest BCUT2D eigenvalue weighted by Crippen LogP contribution is 2.18. The Morgan fingerprint density at radius 1 is 1.18 bits per heavy atom. The Balaban J connectivity index is 2.12. The van der Waals surface area contributed by atoms with E-state index >= 15 is 0 Å². The van der Waals surface area contributed by atoms with E-state index in [1.165, 1.54) is 6.92 Å². The van der Waals surface area contributed by atoms with Crippen molar-refractivity contribution in [2.24, 2.45) is 0 Å². The van der Waals surface area contributed by atoms with E-state index in [2.05, 4.69) is 10.3 Å². The van der Waals surface area contributed by atoms with Gasteiger partial charge in [-0.3, -0.25) is 4.79 Å². The number of hydrogen-bond donors (Lipinski definition) is 1. The molecule has 0 radical (unpaired) electrons. The lowest BCUT2D eigenvalue weighted by atomic mass is 10.1. The van der Waals surface area contributed by atoms with Gasteiger partial charge in [-0.25, -0.2) is 9.78 Å². The maximum Gasteiger partial charge on any atom is 0.338 e. The van der Waals surface area contributed by atoms with Crippen molar-refractivity contribution in [1.29, 1.82) is 0 Å². The predicted molar refractivity (Wildman–Crippen MR) is 84.9 cm³/mol. The Morgan fingerprint density at radius 3 is 2.59 bits per heavy atom. The zero-order chi connectivity index (χ0) is 16.3. The average molecular weight is 321 g/mol. The van der Waals surface area contributed by atoms with Gasteiger partial charge in [-0.1, -0.05) is 11.6 Å². The van der Waals surface area contributed by atoms with Crippen LogP contribution in [0.3, 0.4) is 0 Å². The molecule has 0 aliphatic rings. The van der Waals surface area contributed by atoms with E-state index in [4.69, 9.17) is 16.3 Å². The second-order valence-electron chi connectivity index (χ2n) is 5.25. The lowest BCUT2D eigenvalue weighted by Gasteiger charge is -2.15. The van der Waals surface area contributed by atoms with Gasteiger partial charge in [0.1, 0.15) is 5.15 Å². The summed E-state index contributed by atoms with van der Waals surface area (Å²) in [5.74, 6) is -0.874. The number of carbonyl (C=O) groups is 2. The highest BCUT2D eigenvalue weighted by molar-refractivity contribution is 6.29. The van der Waals surface area contributed by atoms with Gasteiger partial charge in [0.05, 0.1) is 11.1 Å². The van der Waals surface area contributed by atoms with Crippen LogP contribution in [0.25, 0.3) is 10.9 Å². The Morgan fingerprint density at radius 2 is 1.91 bits per heavy atom. The summed E-state index contributed by atoms with van der Waals surface area (Å²) in [6.45, 7) is 5.22. The Labute approximate surface area is 133 Å². The molecule has 0 aliphatic carbocycles. The van der Waals surface area contributed by atoms with E-state index in [-0.39, 0.29) is 11.9 Å². The van der Waals surface area contributed by atoms with Crippen LogP contribution in [0.2, 0.25) is 5.15 Å². The molecule has 0 aliphatic heterocycles. The molecule has 22 heavy (non-hydrogen) atoms. The van der Waals surface area contributed by atoms with E-state index in [1.54, 1.807) is 30.3 Å². The fourth-order valence-corrected chi connectivity index (χ4v) is 2.07. The topological polar surface area (TPSA) is 68.3 Å². The number of halogens is 1. The first-order valence-electron chi connectivity index (χ1n) is 6.94. The third-order valence-corrected chi connectivity index (χ3v) is 3.19. The van der Waals surface area contributed by atoms with Crippen LogP contribution in [-0.2, 0) is 9.53 Å². The number of esters is 1. The van der Waals surface area contributed by atoms with Crippen LogP contribution in [0.1, 0.15) is 31.1 Å². The van der Waals surface area contributed by atoms with Gasteiger partial charge in [0, 0.05) is 11.4 Å². The van der Waals surface area contributed by atoms with Crippen molar-refractivity contribution < 1.29 is 14.3 Å². The number of rotatable bonds is 4. The monoisotopic (exact) mass is 320 g/mol. The van der Waals surface area contributed by atoms with E-state index in [1.807, 2.05) is 13.8 Å². The normalized spacial score (nSPS) is 12.2. The van der Waals surface area contributed by atoms with Crippen molar-refractivity contribution in [3.63, 3.8) is 0 Å². The number of ether oxygens (including phenoxy) is 1. The first-order valence-corrected chi connectivity index (χ1v) is 7.32. The summed E-state index contributed by atoms with van der Waals surface area (Å²) < 4.78 is 5.17. The summed E-state index contributed by atoms with van der Waals surface area (Å²) in [7, 11) is 0. The summed E-state index contributed by atoms with van der Waals surface area (Å²) in [5, 5.41) is 3.86. The fraction of sp³-hybridized carbons (Fsp3) is 0.312. The van der Waals surface area contributed by atoms with E-state index in [0.717, 1.165) is 5.39 Å². The minimum atomic E-state index is -0.853. The summed E-state index contributed by atoms with van der Waals surface area (Å²) in [6, 6.07) is 8.37. The van der Waals surface area contributed by atoms with Crippen LogP contribution >= 0.6 is 11.6 Å². The quantitative estimate of drug-likeness (QED) is 0.694. The van der Waals surface area contributed by atoms with E-state index in [9.17, 15) is 9.59 Å². The predicted octanol–water partition coefficient (Wildman–Crippen LogP) is 2.96. The number of aromatic nitrogens is 1. The molecule has 5 nitrogen and oxygen atoms in total. The Bertz CT molecular complexity index is 716. The molecule has 1 aromatic heterocycles. The molecule has 0 saturated heterocycles. The molecule has 1 aromatic carbocycles. The number of fused-ring (bicyclic) bond motifs is 1. The summed E-state index contributed by atoms with van der Waals surface area (Å²) in [5.41, 5.74) is 1.05. The van der Waals surface area contributed by atoms with Crippen molar-refractivity contribution >= 4 is 34.4 Å². The number of nitrogens with one attached hydrogen (secondary N) is 1. The first kappa shape index (κ1) is 16.2. The second kappa shape index (κ2) is 6.75. The van der Waals surface area contributed by atoms with Crippen LogP contribution in [0.5, 0.6) is 0 Å². The minimum Gasteiger partial charge on any atom is -0.449 e. The SMILES string of the molecule is CC(C)NC(=O)C(C)OC(=O)c1ccc2nc(Cl)ccc2c1. The van der Waals surface area contributed by atoms with Gasteiger partial charge in [-0.05, 0) is 51.1 Å². The molecule has 1 heterocycles. The van der Waals surface area contributed by atoms with Gasteiger partial charge in [-0.2, -0.15) is 0 Å². The standard InChI is InChI=1S/C16H17ClN2O3/c1-9(2)18-15(20)10(3)22-16(21)12-4-6-13-11(8-12)5-7-14(17)19-13/h4-10H,1-3H3,(H,18,20). The molecule has 2 aromatic rings. The van der Waals surface area contributed by atoms with Crippen LogP contribution in [0.4, 0.5) is 0 Å². The molecule has 1 atom stereocenters. The van der Waals surface area contributed by atoms with Gasteiger partial charge in [0.25, 0.3) is 5.91 Å². The van der Waals surface area contributed by atoms with Crippen molar-refractivity contribution in [2.75, 3.05) is 0 Å². The van der Waals surface area contributed by atoms with Crippen molar-refractivity contribution in [3.8, 4) is 0 Å². The number of amides is 1. The maximum atomic E-state index is 12.1. The lowest BCUT2D eigenvalue weighted by molar-refractivity contribution is -0.129. The number of carbonyl (C=O) groups excluding carboxylic acids is 2.